The number of nitrogens with zero attached hydrogens (tertiary/aromatic N) is 1. The lowest BCUT2D eigenvalue weighted by atomic mass is 10.1. The Morgan fingerprint density at radius 3 is 2.19 bits per heavy atom. The highest BCUT2D eigenvalue weighted by Crippen LogP contribution is 2.25. The number of carbonyl (C=O) groups is 1. The number of benzene rings is 2. The zero-order valence-corrected chi connectivity index (χ0v) is 19.1. The first-order valence-corrected chi connectivity index (χ1v) is 10.8. The monoisotopic (exact) mass is 434 g/mol. The highest BCUT2D eigenvalue weighted by atomic mass is 16.5. The summed E-state index contributed by atoms with van der Waals surface area (Å²) < 4.78 is 16.7. The number of hydrogen-bond acceptors (Lipinski definition) is 5. The minimum atomic E-state index is -0.194. The molecule has 1 aromatic heterocycles. The van der Waals surface area contributed by atoms with Gasteiger partial charge in [0.1, 0.15) is 17.2 Å². The van der Waals surface area contributed by atoms with E-state index < -0.39 is 0 Å². The largest absolute Gasteiger partial charge is 0.497 e. The second-order valence-electron chi connectivity index (χ2n) is 7.58. The Bertz CT molecular complexity index is 1020. The zero-order chi connectivity index (χ0) is 22.9. The fourth-order valence-electron chi connectivity index (χ4n) is 3.22. The fraction of sp³-hybridized carbons (Fsp3) is 0.308. The average Bonchev–Trinajstić information content (AvgIpc) is 2.79. The van der Waals surface area contributed by atoms with Crippen LogP contribution in [-0.2, 0) is 11.2 Å². The zero-order valence-electron chi connectivity index (χ0n) is 19.1. The van der Waals surface area contributed by atoms with Gasteiger partial charge in [0.2, 0.25) is 0 Å². The van der Waals surface area contributed by atoms with Gasteiger partial charge in [-0.25, -0.2) is 0 Å². The molecule has 1 unspecified atom stereocenters. The number of nitrogens with one attached hydrogen (secondary N) is 1. The van der Waals surface area contributed by atoms with Gasteiger partial charge in [0.05, 0.1) is 24.5 Å². The normalized spacial score (nSPS) is 11.6. The Morgan fingerprint density at radius 2 is 1.59 bits per heavy atom. The minimum absolute atomic E-state index is 0.0974. The average molecular weight is 435 g/mol. The van der Waals surface area contributed by atoms with Crippen LogP contribution in [0.1, 0.15) is 42.0 Å². The molecule has 0 aliphatic heterocycles. The second kappa shape index (κ2) is 11.3. The first kappa shape index (κ1) is 23.3. The maximum atomic E-state index is 12.7. The van der Waals surface area contributed by atoms with Crippen molar-refractivity contribution in [3.05, 3.63) is 77.6 Å². The fourth-order valence-corrected chi connectivity index (χ4v) is 3.22. The third-order valence-corrected chi connectivity index (χ3v) is 4.90. The van der Waals surface area contributed by atoms with Crippen molar-refractivity contribution < 1.29 is 19.0 Å². The van der Waals surface area contributed by atoms with Crippen molar-refractivity contribution in [1.29, 1.82) is 0 Å². The Labute approximate surface area is 189 Å². The third-order valence-electron chi connectivity index (χ3n) is 4.90. The number of aryl methyl sites for hydroxylation is 1. The number of hydrogen-bond donors (Lipinski definition) is 1. The van der Waals surface area contributed by atoms with Crippen LogP contribution in [0.4, 0.5) is 5.69 Å². The summed E-state index contributed by atoms with van der Waals surface area (Å²) in [6, 6.07) is 18.3. The lowest BCUT2D eigenvalue weighted by Gasteiger charge is -2.13. The number of carbonyl (C=O) groups excluding carboxylic acids is 1. The van der Waals surface area contributed by atoms with Gasteiger partial charge in [0.25, 0.3) is 5.91 Å². The molecular formula is C26H30N2O4. The number of aromatic nitrogens is 1. The third kappa shape index (κ3) is 6.56. The smallest absolute Gasteiger partial charge is 0.257 e. The molecular weight excluding hydrogens is 404 g/mol. The van der Waals surface area contributed by atoms with Crippen LogP contribution in [0.25, 0.3) is 0 Å². The van der Waals surface area contributed by atoms with E-state index in [1.54, 1.807) is 19.2 Å². The molecule has 0 aliphatic rings. The van der Waals surface area contributed by atoms with Gasteiger partial charge >= 0.3 is 0 Å². The number of rotatable bonds is 10. The lowest BCUT2D eigenvalue weighted by Crippen LogP contribution is -2.16. The summed E-state index contributed by atoms with van der Waals surface area (Å²) in [4.78, 5) is 17.3. The van der Waals surface area contributed by atoms with E-state index >= 15 is 0 Å². The van der Waals surface area contributed by atoms with E-state index in [0.29, 0.717) is 28.4 Å². The number of ether oxygens (including phenoxy) is 3. The highest BCUT2D eigenvalue weighted by molar-refractivity contribution is 6.05. The summed E-state index contributed by atoms with van der Waals surface area (Å²) in [6.45, 7) is 6.71. The number of pyridine rings is 1. The summed E-state index contributed by atoms with van der Waals surface area (Å²) in [6.07, 6.45) is 1.81. The van der Waals surface area contributed by atoms with Gasteiger partial charge in [-0.2, -0.15) is 0 Å². The first-order chi connectivity index (χ1) is 15.5. The molecule has 0 saturated heterocycles. The van der Waals surface area contributed by atoms with Crippen LogP contribution >= 0.6 is 0 Å². The van der Waals surface area contributed by atoms with Crippen molar-refractivity contribution in [3.8, 4) is 17.2 Å². The van der Waals surface area contributed by atoms with Crippen molar-refractivity contribution in [2.24, 2.45) is 0 Å². The van der Waals surface area contributed by atoms with Crippen LogP contribution in [0.15, 0.2) is 60.7 Å². The molecule has 32 heavy (non-hydrogen) atoms. The van der Waals surface area contributed by atoms with Gasteiger partial charge in [0, 0.05) is 24.4 Å². The minimum Gasteiger partial charge on any atom is -0.497 e. The highest BCUT2D eigenvalue weighted by Gasteiger charge is 2.13. The molecule has 0 spiro atoms. The molecule has 0 radical (unpaired) electrons. The standard InChI is InChI=1S/C26H30N2O4/c1-5-16-31-18(2)17-21-8-15-25(19(3)27-21)26(29)28-20-6-9-23(10-7-20)32-24-13-11-22(30-4)12-14-24/h6-15,18H,5,16-17H2,1-4H3,(H,28,29). The quantitative estimate of drug-likeness (QED) is 0.437. The molecule has 0 bridgehead atoms. The number of methoxy groups -OCH3 is 1. The molecule has 1 amide bonds. The molecule has 2 aromatic carbocycles. The molecule has 6 nitrogen and oxygen atoms in total. The van der Waals surface area contributed by atoms with E-state index in [9.17, 15) is 4.79 Å². The molecule has 1 heterocycles. The first-order valence-electron chi connectivity index (χ1n) is 10.8. The van der Waals surface area contributed by atoms with Gasteiger partial charge in [-0.1, -0.05) is 6.92 Å². The van der Waals surface area contributed by atoms with Gasteiger partial charge < -0.3 is 19.5 Å². The molecule has 168 valence electrons. The molecule has 0 fully saturated rings. The van der Waals surface area contributed by atoms with Crippen molar-refractivity contribution >= 4 is 11.6 Å². The van der Waals surface area contributed by atoms with Gasteiger partial charge in [0.15, 0.2) is 0 Å². The molecule has 1 atom stereocenters. The summed E-state index contributed by atoms with van der Waals surface area (Å²) >= 11 is 0. The van der Waals surface area contributed by atoms with Crippen molar-refractivity contribution in [3.63, 3.8) is 0 Å². The molecule has 0 saturated carbocycles. The van der Waals surface area contributed by atoms with E-state index in [1.807, 2.05) is 62.4 Å². The second-order valence-corrected chi connectivity index (χ2v) is 7.58. The SMILES string of the molecule is CCCOC(C)Cc1ccc(C(=O)Nc2ccc(Oc3ccc(OC)cc3)cc2)c(C)n1. The van der Waals surface area contributed by atoms with Crippen LogP contribution in [0.3, 0.4) is 0 Å². The Morgan fingerprint density at radius 1 is 0.969 bits per heavy atom. The molecule has 3 rings (SSSR count). The van der Waals surface area contributed by atoms with Crippen LogP contribution in [-0.4, -0.2) is 30.7 Å². The maximum absolute atomic E-state index is 12.7. The number of anilines is 1. The molecule has 1 N–H and O–H groups in total. The Hall–Kier alpha value is -3.38. The maximum Gasteiger partial charge on any atom is 0.257 e. The summed E-state index contributed by atoms with van der Waals surface area (Å²) in [5.74, 6) is 1.96. The van der Waals surface area contributed by atoms with Gasteiger partial charge in [-0.15, -0.1) is 0 Å². The van der Waals surface area contributed by atoms with E-state index in [2.05, 4.69) is 17.2 Å². The molecule has 3 aromatic rings. The topological polar surface area (TPSA) is 69.7 Å². The number of amides is 1. The van der Waals surface area contributed by atoms with E-state index in [-0.39, 0.29) is 12.0 Å². The van der Waals surface area contributed by atoms with Crippen molar-refractivity contribution in [2.45, 2.75) is 39.7 Å². The van der Waals surface area contributed by atoms with Crippen LogP contribution in [0, 0.1) is 6.92 Å². The van der Waals surface area contributed by atoms with Gasteiger partial charge in [-0.05, 0) is 80.9 Å². The lowest BCUT2D eigenvalue weighted by molar-refractivity contribution is 0.0663. The predicted octanol–water partition coefficient (Wildman–Crippen LogP) is 5.80. The molecule has 0 aliphatic carbocycles. The van der Waals surface area contributed by atoms with Crippen molar-refractivity contribution in [2.75, 3.05) is 19.0 Å². The van der Waals surface area contributed by atoms with E-state index in [4.69, 9.17) is 14.2 Å². The van der Waals surface area contributed by atoms with E-state index in [1.165, 1.54) is 0 Å². The summed E-state index contributed by atoms with van der Waals surface area (Å²) in [7, 11) is 1.62. The van der Waals surface area contributed by atoms with Crippen LogP contribution in [0.2, 0.25) is 0 Å². The molecule has 6 heteroatoms. The summed E-state index contributed by atoms with van der Waals surface area (Å²) in [5, 5.41) is 2.92. The predicted molar refractivity (Wildman–Crippen MR) is 126 cm³/mol. The van der Waals surface area contributed by atoms with Crippen molar-refractivity contribution in [1.82, 2.24) is 4.98 Å². The Kier molecular flexibility index (Phi) is 8.22. The Balaban J connectivity index is 1.59. The van der Waals surface area contributed by atoms with Crippen LogP contribution in [0.5, 0.6) is 17.2 Å². The summed E-state index contributed by atoms with van der Waals surface area (Å²) in [5.41, 5.74) is 2.85. The van der Waals surface area contributed by atoms with E-state index in [0.717, 1.165) is 30.9 Å². The van der Waals surface area contributed by atoms with Gasteiger partial charge in [-0.3, -0.25) is 9.78 Å². The van der Waals surface area contributed by atoms with Crippen LogP contribution < -0.4 is 14.8 Å².